The fourth-order valence-electron chi connectivity index (χ4n) is 4.28. The number of rotatable bonds is 4. The predicted octanol–water partition coefficient (Wildman–Crippen LogP) is 2.92. The second kappa shape index (κ2) is 7.70. The van der Waals surface area contributed by atoms with Gasteiger partial charge in [0.15, 0.2) is 11.5 Å². The second-order valence-corrected chi connectivity index (χ2v) is 7.64. The molecule has 0 saturated carbocycles. The Morgan fingerprint density at radius 1 is 1.07 bits per heavy atom. The summed E-state index contributed by atoms with van der Waals surface area (Å²) in [6.45, 7) is 4.50. The van der Waals surface area contributed by atoms with Gasteiger partial charge < -0.3 is 33.9 Å². The number of phenolic OH excluding ortho intramolecular Hbond substituents is 2. The van der Waals surface area contributed by atoms with E-state index in [1.54, 1.807) is 6.07 Å². The third kappa shape index (κ3) is 3.22. The van der Waals surface area contributed by atoms with Crippen LogP contribution < -0.4 is 9.64 Å². The molecule has 1 aromatic heterocycles. The van der Waals surface area contributed by atoms with E-state index in [0.717, 1.165) is 49.4 Å². The van der Waals surface area contributed by atoms with E-state index in [9.17, 15) is 10.2 Å². The Labute approximate surface area is 174 Å². The van der Waals surface area contributed by atoms with E-state index in [2.05, 4.69) is 21.6 Å². The van der Waals surface area contributed by atoms with Crippen LogP contribution in [0.15, 0.2) is 30.3 Å². The Morgan fingerprint density at radius 2 is 1.90 bits per heavy atom. The molecule has 1 atom stereocenters. The van der Waals surface area contributed by atoms with Crippen LogP contribution in [0.2, 0.25) is 0 Å². The van der Waals surface area contributed by atoms with Crippen molar-refractivity contribution < 1.29 is 24.4 Å². The van der Waals surface area contributed by atoms with Crippen LogP contribution in [-0.4, -0.2) is 66.4 Å². The predicted molar refractivity (Wildman–Crippen MR) is 113 cm³/mol. The number of fused-ring (bicyclic) bond motifs is 1. The lowest BCUT2D eigenvalue weighted by molar-refractivity contribution is 0.122. The number of hydrogen-bond acceptors (Lipinski definition) is 7. The van der Waals surface area contributed by atoms with Gasteiger partial charge in [-0.15, -0.1) is 0 Å². The van der Waals surface area contributed by atoms with Gasteiger partial charge in [-0.2, -0.15) is 0 Å². The van der Waals surface area contributed by atoms with Crippen LogP contribution in [0.5, 0.6) is 17.2 Å². The van der Waals surface area contributed by atoms with Crippen LogP contribution in [0.25, 0.3) is 22.4 Å². The van der Waals surface area contributed by atoms with Gasteiger partial charge in [0.1, 0.15) is 5.82 Å². The van der Waals surface area contributed by atoms with Crippen molar-refractivity contribution in [1.82, 2.24) is 9.55 Å². The topological polar surface area (TPSA) is 89.2 Å². The zero-order valence-electron chi connectivity index (χ0n) is 16.9. The number of morpholine rings is 1. The number of anilines is 1. The molecular formula is C22H25N3O5. The fourth-order valence-corrected chi connectivity index (χ4v) is 4.28. The maximum absolute atomic E-state index is 10.2. The molecule has 30 heavy (non-hydrogen) atoms. The molecule has 8 heteroatoms. The summed E-state index contributed by atoms with van der Waals surface area (Å²) in [7, 11) is 1.46. The average molecular weight is 411 g/mol. The molecule has 2 aromatic carbocycles. The summed E-state index contributed by atoms with van der Waals surface area (Å²) in [6, 6.07) is 9.67. The highest BCUT2D eigenvalue weighted by Crippen LogP contribution is 2.41. The number of imidazole rings is 1. The van der Waals surface area contributed by atoms with Gasteiger partial charge in [-0.3, -0.25) is 0 Å². The molecule has 3 aromatic rings. The van der Waals surface area contributed by atoms with E-state index in [4.69, 9.17) is 19.2 Å². The average Bonchev–Trinajstić information content (AvgIpc) is 3.43. The zero-order valence-corrected chi connectivity index (χ0v) is 16.9. The molecule has 3 heterocycles. The number of ether oxygens (including phenoxy) is 3. The monoisotopic (exact) mass is 411 g/mol. The van der Waals surface area contributed by atoms with Crippen LogP contribution in [0.4, 0.5) is 5.69 Å². The van der Waals surface area contributed by atoms with E-state index in [1.165, 1.54) is 13.2 Å². The minimum Gasteiger partial charge on any atom is -0.504 e. The largest absolute Gasteiger partial charge is 0.504 e. The molecule has 0 amide bonds. The Balaban J connectivity index is 1.68. The molecule has 2 aliphatic rings. The minimum atomic E-state index is -0.275. The van der Waals surface area contributed by atoms with Gasteiger partial charge in [-0.25, -0.2) is 4.98 Å². The molecule has 0 radical (unpaired) electrons. The molecular weight excluding hydrogens is 386 g/mol. The Hall–Kier alpha value is -2.97. The lowest BCUT2D eigenvalue weighted by Gasteiger charge is -2.29. The molecule has 2 saturated heterocycles. The molecule has 1 unspecified atom stereocenters. The highest BCUT2D eigenvalue weighted by atomic mass is 16.5. The quantitative estimate of drug-likeness (QED) is 0.638. The summed E-state index contributed by atoms with van der Waals surface area (Å²) in [4.78, 5) is 7.20. The first-order chi connectivity index (χ1) is 14.7. The van der Waals surface area contributed by atoms with Gasteiger partial charge in [0.25, 0.3) is 0 Å². The van der Waals surface area contributed by atoms with E-state index >= 15 is 0 Å². The maximum atomic E-state index is 10.2. The van der Waals surface area contributed by atoms with E-state index in [1.807, 2.05) is 6.07 Å². The number of methoxy groups -OCH3 is 1. The first-order valence-electron chi connectivity index (χ1n) is 10.2. The molecule has 8 nitrogen and oxygen atoms in total. The molecule has 2 N–H and O–H groups in total. The van der Waals surface area contributed by atoms with Gasteiger partial charge >= 0.3 is 0 Å². The number of benzene rings is 2. The number of hydrogen-bond donors (Lipinski definition) is 2. The van der Waals surface area contributed by atoms with E-state index < -0.39 is 0 Å². The SMILES string of the molecule is COc1cc(-c2nc3ccc(N4CCOCC4)cc3n2C2CCOC2)cc(O)c1O. The summed E-state index contributed by atoms with van der Waals surface area (Å²) in [5, 5.41) is 20.2. The lowest BCUT2D eigenvalue weighted by atomic mass is 10.1. The van der Waals surface area contributed by atoms with Gasteiger partial charge in [-0.1, -0.05) is 0 Å². The molecule has 2 aliphatic heterocycles. The lowest BCUT2D eigenvalue weighted by Crippen LogP contribution is -2.36. The van der Waals surface area contributed by atoms with Gasteiger partial charge in [0, 0.05) is 30.9 Å². The third-order valence-electron chi connectivity index (χ3n) is 5.85. The third-order valence-corrected chi connectivity index (χ3v) is 5.85. The van der Waals surface area contributed by atoms with Crippen molar-refractivity contribution in [2.45, 2.75) is 12.5 Å². The van der Waals surface area contributed by atoms with Crippen LogP contribution >= 0.6 is 0 Å². The van der Waals surface area contributed by atoms with Crippen molar-refractivity contribution in [2.24, 2.45) is 0 Å². The summed E-state index contributed by atoms with van der Waals surface area (Å²) in [5.41, 5.74) is 3.72. The smallest absolute Gasteiger partial charge is 0.200 e. The number of phenols is 2. The minimum absolute atomic E-state index is 0.145. The van der Waals surface area contributed by atoms with Crippen molar-refractivity contribution in [3.05, 3.63) is 30.3 Å². The number of aromatic hydroxyl groups is 2. The standard InChI is InChI=1S/C22H25N3O5/c1-28-20-11-14(10-19(26)21(20)27)22-23-17-3-2-15(24-5-8-29-9-6-24)12-18(17)25(22)16-4-7-30-13-16/h2-3,10-12,16,26-27H,4-9,13H2,1H3. The van der Waals surface area contributed by atoms with Gasteiger partial charge in [0.2, 0.25) is 5.75 Å². The second-order valence-electron chi connectivity index (χ2n) is 7.64. The highest BCUT2D eigenvalue weighted by molar-refractivity contribution is 5.85. The van der Waals surface area contributed by atoms with Crippen LogP contribution in [-0.2, 0) is 9.47 Å². The Bertz CT molecular complexity index is 1070. The zero-order chi connectivity index (χ0) is 20.7. The summed E-state index contributed by atoms with van der Waals surface area (Å²) in [5.74, 6) is 0.413. The number of aromatic nitrogens is 2. The van der Waals surface area contributed by atoms with E-state index in [-0.39, 0.29) is 23.3 Å². The van der Waals surface area contributed by atoms with Crippen LogP contribution in [0, 0.1) is 0 Å². The first-order valence-corrected chi connectivity index (χ1v) is 10.2. The summed E-state index contributed by atoms with van der Waals surface area (Å²) >= 11 is 0. The van der Waals surface area contributed by atoms with Crippen molar-refractivity contribution in [3.8, 4) is 28.6 Å². The summed E-state index contributed by atoms with van der Waals surface area (Å²) < 4.78 is 18.6. The molecule has 5 rings (SSSR count). The molecule has 2 fully saturated rings. The highest BCUT2D eigenvalue weighted by Gasteiger charge is 2.26. The van der Waals surface area contributed by atoms with E-state index in [0.29, 0.717) is 24.6 Å². The summed E-state index contributed by atoms with van der Waals surface area (Å²) in [6.07, 6.45) is 0.890. The van der Waals surface area contributed by atoms with Crippen LogP contribution in [0.3, 0.4) is 0 Å². The number of nitrogens with zero attached hydrogens (tertiary/aromatic N) is 3. The Kier molecular flexibility index (Phi) is 4.88. The molecule has 0 spiro atoms. The molecule has 0 aliphatic carbocycles. The fraction of sp³-hybridized carbons (Fsp3) is 0.409. The molecule has 0 bridgehead atoms. The Morgan fingerprint density at radius 3 is 2.63 bits per heavy atom. The normalized spacial score (nSPS) is 19.5. The van der Waals surface area contributed by atoms with Gasteiger partial charge in [-0.05, 0) is 36.8 Å². The van der Waals surface area contributed by atoms with Crippen molar-refractivity contribution in [2.75, 3.05) is 51.5 Å². The first kappa shape index (κ1) is 19.0. The van der Waals surface area contributed by atoms with Gasteiger partial charge in [0.05, 0.1) is 44.0 Å². The van der Waals surface area contributed by atoms with Crippen molar-refractivity contribution in [1.29, 1.82) is 0 Å². The molecule has 158 valence electrons. The van der Waals surface area contributed by atoms with Crippen LogP contribution in [0.1, 0.15) is 12.5 Å². The van der Waals surface area contributed by atoms with Crippen molar-refractivity contribution >= 4 is 16.7 Å². The van der Waals surface area contributed by atoms with Crippen molar-refractivity contribution in [3.63, 3.8) is 0 Å². The maximum Gasteiger partial charge on any atom is 0.200 e.